The fraction of sp³-hybridized carbons (Fsp3) is 0.231. The minimum absolute atomic E-state index is 0.163. The number of hydrogen-bond acceptors (Lipinski definition) is 5. The molecule has 0 spiro atoms. The molecule has 0 amide bonds. The maximum atomic E-state index is 11.7. The van der Waals surface area contributed by atoms with E-state index in [1.54, 1.807) is 6.07 Å². The second-order valence-corrected chi connectivity index (χ2v) is 3.45. The molecular formula is C13H14O6. The monoisotopic (exact) mass is 266 g/mol. The first-order valence-electron chi connectivity index (χ1n) is 5.28. The number of rotatable bonds is 5. The van der Waals surface area contributed by atoms with E-state index in [1.165, 1.54) is 33.5 Å². The van der Waals surface area contributed by atoms with Gasteiger partial charge in [-0.1, -0.05) is 0 Å². The third-order valence-corrected chi connectivity index (χ3v) is 2.37. The van der Waals surface area contributed by atoms with Gasteiger partial charge in [-0.05, 0) is 12.1 Å². The number of carboxylic acid groups (broad SMARTS) is 1. The van der Waals surface area contributed by atoms with Crippen molar-refractivity contribution in [2.45, 2.75) is 0 Å². The lowest BCUT2D eigenvalue weighted by atomic mass is 10.0. The molecule has 102 valence electrons. The summed E-state index contributed by atoms with van der Waals surface area (Å²) < 4.78 is 14.8. The van der Waals surface area contributed by atoms with Crippen LogP contribution in [0, 0.1) is 0 Å². The predicted octanol–water partition coefficient (Wildman–Crippen LogP) is 1.59. The van der Waals surface area contributed by atoms with Gasteiger partial charge < -0.3 is 19.3 Å². The van der Waals surface area contributed by atoms with Crippen LogP contribution in [-0.4, -0.2) is 38.4 Å². The molecule has 0 aliphatic heterocycles. The molecule has 0 fully saturated rings. The number of ether oxygens (including phenoxy) is 3. The summed E-state index contributed by atoms with van der Waals surface area (Å²) in [5, 5.41) is 8.66. The van der Waals surface area contributed by atoms with Gasteiger partial charge in [-0.2, -0.15) is 0 Å². The Labute approximate surface area is 110 Å². The van der Waals surface area contributed by atoms with Crippen LogP contribution in [0.2, 0.25) is 0 Å². The number of esters is 1. The maximum Gasteiger partial charge on any atom is 0.338 e. The summed E-state index contributed by atoms with van der Waals surface area (Å²) in [6, 6.07) is 3.00. The number of methoxy groups -OCH3 is 3. The van der Waals surface area contributed by atoms with Gasteiger partial charge in [0.05, 0.1) is 26.9 Å². The Morgan fingerprint density at radius 2 is 1.84 bits per heavy atom. The first-order chi connectivity index (χ1) is 9.03. The summed E-state index contributed by atoms with van der Waals surface area (Å²) in [5.74, 6) is -1.02. The van der Waals surface area contributed by atoms with E-state index in [1.807, 2.05) is 0 Å². The second kappa shape index (κ2) is 6.44. The summed E-state index contributed by atoms with van der Waals surface area (Å²) in [7, 11) is 4.09. The molecule has 6 heteroatoms. The largest absolute Gasteiger partial charge is 0.497 e. The summed E-state index contributed by atoms with van der Waals surface area (Å²) in [4.78, 5) is 22.3. The van der Waals surface area contributed by atoms with Crippen molar-refractivity contribution in [1.29, 1.82) is 0 Å². The summed E-state index contributed by atoms with van der Waals surface area (Å²) in [5.41, 5.74) is 0.480. The molecule has 19 heavy (non-hydrogen) atoms. The average molecular weight is 266 g/mol. The Morgan fingerprint density at radius 3 is 2.32 bits per heavy atom. The lowest BCUT2D eigenvalue weighted by molar-refractivity contribution is -0.131. The van der Waals surface area contributed by atoms with Gasteiger partial charge in [0.15, 0.2) is 0 Å². The van der Waals surface area contributed by atoms with Crippen LogP contribution in [0.5, 0.6) is 11.5 Å². The molecule has 0 aliphatic carbocycles. The standard InChI is InChI=1S/C13H14O6/c1-17-8-6-10(13(16)19-3)9(4-5-12(14)15)11(7-8)18-2/h4-7H,1-3H3,(H,14,15)/b5-4+. The third-order valence-electron chi connectivity index (χ3n) is 2.37. The minimum Gasteiger partial charge on any atom is -0.497 e. The Bertz CT molecular complexity index is 518. The first kappa shape index (κ1) is 14.6. The lowest BCUT2D eigenvalue weighted by Gasteiger charge is -2.12. The Balaban J connectivity index is 3.45. The normalized spacial score (nSPS) is 10.3. The highest BCUT2D eigenvalue weighted by molar-refractivity contribution is 5.97. The maximum absolute atomic E-state index is 11.7. The zero-order chi connectivity index (χ0) is 14.4. The smallest absolute Gasteiger partial charge is 0.338 e. The Morgan fingerprint density at radius 1 is 1.16 bits per heavy atom. The Hall–Kier alpha value is -2.50. The van der Waals surface area contributed by atoms with Gasteiger partial charge in [-0.25, -0.2) is 9.59 Å². The first-order valence-corrected chi connectivity index (χ1v) is 5.28. The second-order valence-electron chi connectivity index (χ2n) is 3.45. The van der Waals surface area contributed by atoms with Crippen molar-refractivity contribution in [3.05, 3.63) is 29.3 Å². The predicted molar refractivity (Wildman–Crippen MR) is 67.6 cm³/mol. The highest BCUT2D eigenvalue weighted by Gasteiger charge is 2.17. The van der Waals surface area contributed by atoms with Crippen molar-refractivity contribution < 1.29 is 28.9 Å². The van der Waals surface area contributed by atoms with Gasteiger partial charge in [-0.3, -0.25) is 0 Å². The number of carbonyl (C=O) groups is 2. The van der Waals surface area contributed by atoms with E-state index in [-0.39, 0.29) is 5.56 Å². The van der Waals surface area contributed by atoms with E-state index in [9.17, 15) is 9.59 Å². The molecule has 0 radical (unpaired) electrons. The molecule has 0 aliphatic rings. The molecule has 0 saturated heterocycles. The van der Waals surface area contributed by atoms with Gasteiger partial charge in [0.1, 0.15) is 11.5 Å². The van der Waals surface area contributed by atoms with E-state index in [0.29, 0.717) is 17.1 Å². The number of aliphatic carboxylic acids is 1. The van der Waals surface area contributed by atoms with Crippen LogP contribution >= 0.6 is 0 Å². The molecule has 0 unspecified atom stereocenters. The van der Waals surface area contributed by atoms with Crippen molar-refractivity contribution in [2.24, 2.45) is 0 Å². The third kappa shape index (κ3) is 3.48. The van der Waals surface area contributed by atoms with E-state index in [4.69, 9.17) is 14.6 Å². The van der Waals surface area contributed by atoms with Gasteiger partial charge in [-0.15, -0.1) is 0 Å². The van der Waals surface area contributed by atoms with E-state index >= 15 is 0 Å². The number of hydrogen-bond donors (Lipinski definition) is 1. The molecule has 1 aromatic rings. The van der Waals surface area contributed by atoms with Crippen molar-refractivity contribution in [3.8, 4) is 11.5 Å². The number of carboxylic acids is 1. The molecule has 0 aromatic heterocycles. The van der Waals surface area contributed by atoms with E-state index in [2.05, 4.69) is 4.74 Å². The molecule has 0 bridgehead atoms. The van der Waals surface area contributed by atoms with Crippen molar-refractivity contribution >= 4 is 18.0 Å². The minimum atomic E-state index is -1.13. The van der Waals surface area contributed by atoms with Crippen LogP contribution in [0.4, 0.5) is 0 Å². The van der Waals surface area contributed by atoms with Crippen molar-refractivity contribution in [2.75, 3.05) is 21.3 Å². The lowest BCUT2D eigenvalue weighted by Crippen LogP contribution is -2.06. The molecule has 1 rings (SSSR count). The Kier molecular flexibility index (Phi) is 4.93. The van der Waals surface area contributed by atoms with Gasteiger partial charge in [0, 0.05) is 17.7 Å². The summed E-state index contributed by atoms with van der Waals surface area (Å²) in [6.45, 7) is 0. The van der Waals surface area contributed by atoms with Crippen LogP contribution in [0.1, 0.15) is 15.9 Å². The number of carbonyl (C=O) groups excluding carboxylic acids is 1. The molecule has 0 atom stereocenters. The quantitative estimate of drug-likeness (QED) is 0.643. The van der Waals surface area contributed by atoms with Gasteiger partial charge in [0.25, 0.3) is 0 Å². The zero-order valence-corrected chi connectivity index (χ0v) is 10.8. The summed E-state index contributed by atoms with van der Waals surface area (Å²) >= 11 is 0. The average Bonchev–Trinajstić information content (AvgIpc) is 2.42. The van der Waals surface area contributed by atoms with Crippen molar-refractivity contribution in [3.63, 3.8) is 0 Å². The van der Waals surface area contributed by atoms with Crippen LogP contribution in [0.25, 0.3) is 6.08 Å². The highest BCUT2D eigenvalue weighted by Crippen LogP contribution is 2.30. The van der Waals surface area contributed by atoms with Crippen LogP contribution < -0.4 is 9.47 Å². The highest BCUT2D eigenvalue weighted by atomic mass is 16.5. The fourth-order valence-electron chi connectivity index (χ4n) is 1.49. The van der Waals surface area contributed by atoms with Crippen LogP contribution in [0.15, 0.2) is 18.2 Å². The molecule has 0 saturated carbocycles. The summed E-state index contributed by atoms with van der Waals surface area (Å²) in [6.07, 6.45) is 2.18. The van der Waals surface area contributed by atoms with E-state index < -0.39 is 11.9 Å². The zero-order valence-electron chi connectivity index (χ0n) is 10.8. The molecule has 0 heterocycles. The molecule has 1 N–H and O–H groups in total. The van der Waals surface area contributed by atoms with Gasteiger partial charge in [0.2, 0.25) is 0 Å². The van der Waals surface area contributed by atoms with Crippen molar-refractivity contribution in [1.82, 2.24) is 0 Å². The molecule has 1 aromatic carbocycles. The van der Waals surface area contributed by atoms with E-state index in [0.717, 1.165) is 6.08 Å². The fourth-order valence-corrected chi connectivity index (χ4v) is 1.49. The SMILES string of the molecule is COC(=O)c1cc(OC)cc(OC)c1/C=C/C(=O)O. The van der Waals surface area contributed by atoms with Crippen LogP contribution in [-0.2, 0) is 9.53 Å². The van der Waals surface area contributed by atoms with Crippen LogP contribution in [0.3, 0.4) is 0 Å². The molecule has 6 nitrogen and oxygen atoms in total. The van der Waals surface area contributed by atoms with Gasteiger partial charge >= 0.3 is 11.9 Å². The topological polar surface area (TPSA) is 82.1 Å². The number of benzene rings is 1. The molecular weight excluding hydrogens is 252 g/mol.